The van der Waals surface area contributed by atoms with Gasteiger partial charge in [-0.3, -0.25) is 0 Å². The molecule has 2 fully saturated rings. The summed E-state index contributed by atoms with van der Waals surface area (Å²) >= 11 is 1.69. The smallest absolute Gasteiger partial charge is 0.191 e. The summed E-state index contributed by atoms with van der Waals surface area (Å²) in [7, 11) is -2.78. The molecule has 2 saturated heterocycles. The van der Waals surface area contributed by atoms with Crippen molar-refractivity contribution < 1.29 is 8.42 Å². The van der Waals surface area contributed by atoms with Crippen LogP contribution in [0.5, 0.6) is 0 Å². The Morgan fingerprint density at radius 2 is 2.08 bits per heavy atom. The van der Waals surface area contributed by atoms with Crippen molar-refractivity contribution in [3.8, 4) is 0 Å². The van der Waals surface area contributed by atoms with Crippen LogP contribution >= 0.6 is 11.8 Å². The van der Waals surface area contributed by atoms with E-state index in [1.165, 1.54) is 0 Å². The van der Waals surface area contributed by atoms with Crippen LogP contribution in [0.3, 0.4) is 0 Å². The van der Waals surface area contributed by atoms with Crippen LogP contribution in [0.25, 0.3) is 0 Å². The average molecular weight is 371 g/mol. The van der Waals surface area contributed by atoms with E-state index in [0.717, 1.165) is 62.1 Å². The lowest BCUT2D eigenvalue weighted by Gasteiger charge is -2.22. The van der Waals surface area contributed by atoms with Crippen molar-refractivity contribution in [1.29, 1.82) is 0 Å². The van der Waals surface area contributed by atoms with Crippen molar-refractivity contribution in [2.45, 2.75) is 43.3 Å². The fourth-order valence-electron chi connectivity index (χ4n) is 3.51. The third-order valence-corrected chi connectivity index (χ3v) is 7.68. The lowest BCUT2D eigenvalue weighted by atomic mass is 9.97. The molecule has 2 aliphatic heterocycles. The van der Waals surface area contributed by atoms with E-state index in [1.807, 2.05) is 6.08 Å². The molecule has 2 aliphatic rings. The topological polar surface area (TPSA) is 76.9 Å². The van der Waals surface area contributed by atoms with Crippen LogP contribution in [-0.4, -0.2) is 53.5 Å². The molecule has 0 radical (unpaired) electrons. The van der Waals surface area contributed by atoms with Gasteiger partial charge < -0.3 is 9.88 Å². The molecule has 24 heavy (non-hydrogen) atoms. The molecule has 0 spiro atoms. The van der Waals surface area contributed by atoms with Crippen molar-refractivity contribution in [3.63, 3.8) is 0 Å². The Morgan fingerprint density at radius 1 is 1.29 bits per heavy atom. The summed E-state index contributed by atoms with van der Waals surface area (Å²) < 4.78 is 25.3. The van der Waals surface area contributed by atoms with Gasteiger partial charge in [-0.2, -0.15) is 0 Å². The van der Waals surface area contributed by atoms with E-state index in [2.05, 4.69) is 26.7 Å². The van der Waals surface area contributed by atoms with E-state index >= 15 is 0 Å². The normalized spacial score (nSPS) is 24.2. The molecule has 0 bridgehead atoms. The highest BCUT2D eigenvalue weighted by atomic mass is 32.2. The van der Waals surface area contributed by atoms with Gasteiger partial charge in [-0.15, -0.1) is 16.8 Å². The second-order valence-electron chi connectivity index (χ2n) is 6.67. The number of aromatic nitrogens is 3. The van der Waals surface area contributed by atoms with E-state index in [9.17, 15) is 8.42 Å². The first-order valence-corrected chi connectivity index (χ1v) is 11.5. The van der Waals surface area contributed by atoms with Gasteiger partial charge in [0.2, 0.25) is 0 Å². The molecular formula is C16H26N4O2S2. The lowest BCUT2D eigenvalue weighted by molar-refractivity contribution is 0.431. The van der Waals surface area contributed by atoms with Gasteiger partial charge >= 0.3 is 0 Å². The Hall–Kier alpha value is -0.860. The summed E-state index contributed by atoms with van der Waals surface area (Å²) in [6.45, 7) is 6.65. The first-order chi connectivity index (χ1) is 11.6. The monoisotopic (exact) mass is 370 g/mol. The van der Waals surface area contributed by atoms with Crippen LogP contribution in [0.15, 0.2) is 17.8 Å². The molecule has 6 nitrogen and oxygen atoms in total. The van der Waals surface area contributed by atoms with E-state index in [4.69, 9.17) is 0 Å². The summed E-state index contributed by atoms with van der Waals surface area (Å²) in [5, 5.41) is 13.2. The third kappa shape index (κ3) is 4.40. The van der Waals surface area contributed by atoms with Crippen LogP contribution in [-0.2, 0) is 16.4 Å². The zero-order valence-electron chi connectivity index (χ0n) is 14.0. The predicted molar refractivity (Wildman–Crippen MR) is 97.2 cm³/mol. The minimum Gasteiger partial charge on any atom is -0.317 e. The molecule has 1 aromatic heterocycles. The first kappa shape index (κ1) is 17.9. The van der Waals surface area contributed by atoms with Crippen LogP contribution in [0.2, 0.25) is 0 Å². The largest absolute Gasteiger partial charge is 0.317 e. The first-order valence-electron chi connectivity index (χ1n) is 8.67. The highest BCUT2D eigenvalue weighted by molar-refractivity contribution is 7.99. The van der Waals surface area contributed by atoms with E-state index in [1.54, 1.807) is 11.8 Å². The average Bonchev–Trinajstić information content (AvgIpc) is 3.12. The summed E-state index contributed by atoms with van der Waals surface area (Å²) in [6, 6.07) is 0. The van der Waals surface area contributed by atoms with Gasteiger partial charge in [-0.05, 0) is 44.7 Å². The molecule has 0 saturated carbocycles. The number of nitrogens with zero attached hydrogens (tertiary/aromatic N) is 3. The molecule has 0 unspecified atom stereocenters. The van der Waals surface area contributed by atoms with Gasteiger partial charge in [0.15, 0.2) is 15.0 Å². The molecule has 0 aliphatic carbocycles. The molecule has 1 atom stereocenters. The van der Waals surface area contributed by atoms with Crippen LogP contribution in [0, 0.1) is 5.92 Å². The number of thioether (sulfide) groups is 1. The quantitative estimate of drug-likeness (QED) is 0.583. The SMILES string of the molecule is C=CCn1c(SCC[C@H]2CCS(=O)(=O)C2)nnc1C1CCNCC1. The van der Waals surface area contributed by atoms with Crippen molar-refractivity contribution >= 4 is 21.6 Å². The Labute approximate surface area is 148 Å². The minimum atomic E-state index is -2.78. The fourth-order valence-corrected chi connectivity index (χ4v) is 6.47. The van der Waals surface area contributed by atoms with Crippen LogP contribution in [0.4, 0.5) is 0 Å². The van der Waals surface area contributed by atoms with Crippen LogP contribution < -0.4 is 5.32 Å². The van der Waals surface area contributed by atoms with Crippen molar-refractivity contribution in [2.75, 3.05) is 30.3 Å². The number of hydrogen-bond acceptors (Lipinski definition) is 6. The predicted octanol–water partition coefficient (Wildman–Crippen LogP) is 1.85. The highest BCUT2D eigenvalue weighted by Gasteiger charge is 2.28. The van der Waals surface area contributed by atoms with E-state index in [0.29, 0.717) is 23.3 Å². The number of piperidine rings is 1. The number of rotatable bonds is 7. The zero-order valence-corrected chi connectivity index (χ0v) is 15.6. The molecule has 8 heteroatoms. The van der Waals surface area contributed by atoms with E-state index in [-0.39, 0.29) is 0 Å². The summed E-state index contributed by atoms with van der Waals surface area (Å²) in [5.41, 5.74) is 0. The molecular weight excluding hydrogens is 344 g/mol. The Morgan fingerprint density at radius 3 is 2.75 bits per heavy atom. The molecule has 0 amide bonds. The van der Waals surface area contributed by atoms with Crippen LogP contribution in [0.1, 0.15) is 37.4 Å². The molecule has 3 rings (SSSR count). The van der Waals surface area contributed by atoms with E-state index < -0.39 is 9.84 Å². The number of sulfone groups is 1. The maximum atomic E-state index is 11.5. The molecule has 3 heterocycles. The van der Waals surface area contributed by atoms with Gasteiger partial charge in [0.05, 0.1) is 11.5 Å². The maximum Gasteiger partial charge on any atom is 0.191 e. The third-order valence-electron chi connectivity index (χ3n) is 4.85. The van der Waals surface area contributed by atoms with Crippen molar-refractivity contribution in [3.05, 3.63) is 18.5 Å². The standard InChI is InChI=1S/C16H26N4O2S2/c1-2-9-20-15(14-3-7-17-8-4-14)18-19-16(20)23-10-5-13-6-11-24(21,22)12-13/h2,13-14,17H,1,3-12H2/t13-/m0/s1. The highest BCUT2D eigenvalue weighted by Crippen LogP contribution is 2.29. The summed E-state index contributed by atoms with van der Waals surface area (Å²) in [4.78, 5) is 0. The van der Waals surface area contributed by atoms with Crippen molar-refractivity contribution in [2.24, 2.45) is 5.92 Å². The summed E-state index contributed by atoms with van der Waals surface area (Å²) in [5.74, 6) is 3.45. The Bertz CT molecular complexity index is 666. The maximum absolute atomic E-state index is 11.5. The lowest BCUT2D eigenvalue weighted by Crippen LogP contribution is -2.28. The molecule has 1 N–H and O–H groups in total. The fraction of sp³-hybridized carbons (Fsp3) is 0.750. The Balaban J connectivity index is 1.60. The van der Waals surface area contributed by atoms with Crippen molar-refractivity contribution in [1.82, 2.24) is 20.1 Å². The van der Waals surface area contributed by atoms with Gasteiger partial charge in [-0.25, -0.2) is 8.42 Å². The number of allylic oxidation sites excluding steroid dienone is 1. The number of hydrogen-bond donors (Lipinski definition) is 1. The zero-order chi connectivity index (χ0) is 17.0. The summed E-state index contributed by atoms with van der Waals surface area (Å²) in [6.07, 6.45) is 5.82. The Kier molecular flexibility index (Phi) is 5.99. The molecule has 0 aromatic carbocycles. The minimum absolute atomic E-state index is 0.308. The van der Waals surface area contributed by atoms with Gasteiger partial charge in [0, 0.05) is 18.2 Å². The molecule has 1 aromatic rings. The molecule has 134 valence electrons. The second kappa shape index (κ2) is 8.01. The van der Waals surface area contributed by atoms with Gasteiger partial charge in [0.1, 0.15) is 5.82 Å². The second-order valence-corrected chi connectivity index (χ2v) is 9.96. The van der Waals surface area contributed by atoms with Gasteiger partial charge in [0.25, 0.3) is 0 Å². The van der Waals surface area contributed by atoms with Gasteiger partial charge in [-0.1, -0.05) is 17.8 Å². The number of nitrogens with one attached hydrogen (secondary N) is 1.